The molecule has 2 N–H and O–H groups in total. The van der Waals surface area contributed by atoms with Crippen LogP contribution in [0.1, 0.15) is 37.1 Å². The molecule has 0 fully saturated rings. The lowest BCUT2D eigenvalue weighted by atomic mass is 10.1. The zero-order valence-electron chi connectivity index (χ0n) is 7.89. The standard InChI is InChI=1S/C11H15ClN/c1-2-3-7-10(12)9-6-4-5-8-11(9)13/h4,6,8,10H,2-3,7,13H2,1H3. The molecule has 0 aliphatic heterocycles. The molecule has 13 heavy (non-hydrogen) atoms. The Bertz CT molecular complexity index is 260. The van der Waals surface area contributed by atoms with E-state index in [1.807, 2.05) is 12.1 Å². The lowest BCUT2D eigenvalue weighted by Gasteiger charge is -2.11. The molecule has 71 valence electrons. The van der Waals surface area contributed by atoms with Crippen LogP contribution in [0.4, 0.5) is 5.69 Å². The molecular formula is C11H15ClN. The molecule has 1 nitrogen and oxygen atoms in total. The Labute approximate surface area is 84.9 Å². The SMILES string of the molecule is CCCCC(Cl)c1cc[c]cc1N. The van der Waals surface area contributed by atoms with E-state index in [1.165, 1.54) is 6.42 Å². The number of anilines is 1. The van der Waals surface area contributed by atoms with Crippen molar-refractivity contribution < 1.29 is 0 Å². The van der Waals surface area contributed by atoms with Crippen LogP contribution in [0.25, 0.3) is 0 Å². The van der Waals surface area contributed by atoms with Crippen molar-refractivity contribution >= 4 is 17.3 Å². The first kappa shape index (κ1) is 10.4. The normalized spacial score (nSPS) is 12.8. The lowest BCUT2D eigenvalue weighted by Crippen LogP contribution is -1.97. The fourth-order valence-electron chi connectivity index (χ4n) is 1.28. The first-order valence-electron chi connectivity index (χ1n) is 4.65. The number of unbranched alkanes of at least 4 members (excludes halogenated alkanes) is 1. The Morgan fingerprint density at radius 3 is 3.00 bits per heavy atom. The minimum absolute atomic E-state index is 0.0505. The quantitative estimate of drug-likeness (QED) is 0.579. The molecule has 0 spiro atoms. The van der Waals surface area contributed by atoms with Crippen LogP contribution >= 0.6 is 11.6 Å². The van der Waals surface area contributed by atoms with Crippen molar-refractivity contribution in [2.45, 2.75) is 31.6 Å². The van der Waals surface area contributed by atoms with Crippen LogP contribution in [-0.2, 0) is 0 Å². The van der Waals surface area contributed by atoms with Crippen molar-refractivity contribution in [3.05, 3.63) is 29.8 Å². The Hall–Kier alpha value is -0.690. The highest BCUT2D eigenvalue weighted by Crippen LogP contribution is 2.29. The summed E-state index contributed by atoms with van der Waals surface area (Å²) in [5.74, 6) is 0. The lowest BCUT2D eigenvalue weighted by molar-refractivity contribution is 0.702. The monoisotopic (exact) mass is 196 g/mol. The first-order valence-corrected chi connectivity index (χ1v) is 5.09. The number of rotatable bonds is 4. The van der Waals surface area contributed by atoms with E-state index >= 15 is 0 Å². The van der Waals surface area contributed by atoms with Gasteiger partial charge in [0, 0.05) is 5.69 Å². The summed E-state index contributed by atoms with van der Waals surface area (Å²) in [4.78, 5) is 0. The van der Waals surface area contributed by atoms with E-state index in [-0.39, 0.29) is 5.38 Å². The maximum atomic E-state index is 6.20. The predicted octanol–water partition coefficient (Wildman–Crippen LogP) is 3.54. The molecule has 1 atom stereocenters. The minimum atomic E-state index is 0.0505. The second-order valence-electron chi connectivity index (χ2n) is 3.16. The van der Waals surface area contributed by atoms with E-state index in [1.54, 1.807) is 6.07 Å². The maximum absolute atomic E-state index is 6.20. The number of alkyl halides is 1. The van der Waals surface area contributed by atoms with Crippen LogP contribution in [0.5, 0.6) is 0 Å². The van der Waals surface area contributed by atoms with Crippen molar-refractivity contribution in [2.75, 3.05) is 5.73 Å². The molecule has 1 unspecified atom stereocenters. The zero-order valence-corrected chi connectivity index (χ0v) is 8.64. The highest BCUT2D eigenvalue weighted by Gasteiger charge is 2.09. The van der Waals surface area contributed by atoms with Crippen molar-refractivity contribution in [2.24, 2.45) is 0 Å². The van der Waals surface area contributed by atoms with Gasteiger partial charge in [-0.15, -0.1) is 11.6 Å². The van der Waals surface area contributed by atoms with Crippen LogP contribution in [0, 0.1) is 6.07 Å². The molecule has 1 aromatic rings. The summed E-state index contributed by atoms with van der Waals surface area (Å²) in [6, 6.07) is 8.50. The largest absolute Gasteiger partial charge is 0.398 e. The number of halogens is 1. The number of nitrogen functional groups attached to an aromatic ring is 1. The van der Waals surface area contributed by atoms with E-state index in [2.05, 4.69) is 13.0 Å². The third-order valence-electron chi connectivity index (χ3n) is 2.08. The highest BCUT2D eigenvalue weighted by molar-refractivity contribution is 6.21. The fraction of sp³-hybridized carbons (Fsp3) is 0.455. The number of hydrogen-bond donors (Lipinski definition) is 1. The third-order valence-corrected chi connectivity index (χ3v) is 2.53. The van der Waals surface area contributed by atoms with Crippen molar-refractivity contribution in [1.29, 1.82) is 0 Å². The van der Waals surface area contributed by atoms with Gasteiger partial charge >= 0.3 is 0 Å². The Morgan fingerprint density at radius 1 is 1.62 bits per heavy atom. The second kappa shape index (κ2) is 5.13. The summed E-state index contributed by atoms with van der Waals surface area (Å²) < 4.78 is 0. The first-order chi connectivity index (χ1) is 6.25. The highest BCUT2D eigenvalue weighted by atomic mass is 35.5. The maximum Gasteiger partial charge on any atom is 0.0605 e. The molecule has 0 saturated carbocycles. The molecule has 0 aliphatic rings. The molecule has 1 rings (SSSR count). The minimum Gasteiger partial charge on any atom is -0.398 e. The van der Waals surface area contributed by atoms with E-state index in [0.29, 0.717) is 0 Å². The van der Waals surface area contributed by atoms with Gasteiger partial charge in [0.05, 0.1) is 5.38 Å². The molecule has 0 saturated heterocycles. The molecular weight excluding hydrogens is 182 g/mol. The molecule has 0 aromatic heterocycles. The van der Waals surface area contributed by atoms with Crippen LogP contribution in [0.2, 0.25) is 0 Å². The van der Waals surface area contributed by atoms with Gasteiger partial charge in [-0.05, 0) is 24.1 Å². The van der Waals surface area contributed by atoms with Crippen molar-refractivity contribution in [1.82, 2.24) is 0 Å². The van der Waals surface area contributed by atoms with Gasteiger partial charge in [-0.1, -0.05) is 31.9 Å². The van der Waals surface area contributed by atoms with E-state index in [0.717, 1.165) is 24.1 Å². The molecule has 1 aromatic carbocycles. The fourth-order valence-corrected chi connectivity index (χ4v) is 1.63. The van der Waals surface area contributed by atoms with Gasteiger partial charge in [0.1, 0.15) is 0 Å². The average molecular weight is 197 g/mol. The molecule has 0 aliphatic carbocycles. The number of nitrogens with two attached hydrogens (primary N) is 1. The summed E-state index contributed by atoms with van der Waals surface area (Å²) in [5, 5.41) is 0.0505. The van der Waals surface area contributed by atoms with Crippen LogP contribution in [0.15, 0.2) is 18.2 Å². The topological polar surface area (TPSA) is 26.0 Å². The zero-order chi connectivity index (χ0) is 9.68. The molecule has 2 heteroatoms. The predicted molar refractivity (Wildman–Crippen MR) is 57.8 cm³/mol. The summed E-state index contributed by atoms with van der Waals surface area (Å²) in [7, 11) is 0. The Kier molecular flexibility index (Phi) is 4.10. The van der Waals surface area contributed by atoms with Crippen LogP contribution < -0.4 is 5.73 Å². The van der Waals surface area contributed by atoms with Gasteiger partial charge in [0.15, 0.2) is 0 Å². The Morgan fingerprint density at radius 2 is 2.38 bits per heavy atom. The number of benzene rings is 1. The van der Waals surface area contributed by atoms with E-state index in [9.17, 15) is 0 Å². The summed E-state index contributed by atoms with van der Waals surface area (Å²) in [5.41, 5.74) is 7.56. The van der Waals surface area contributed by atoms with Gasteiger partial charge in [-0.3, -0.25) is 0 Å². The van der Waals surface area contributed by atoms with Gasteiger partial charge in [0.2, 0.25) is 0 Å². The second-order valence-corrected chi connectivity index (χ2v) is 3.69. The van der Waals surface area contributed by atoms with Gasteiger partial charge in [-0.2, -0.15) is 0 Å². The molecule has 0 heterocycles. The van der Waals surface area contributed by atoms with Crippen molar-refractivity contribution in [3.8, 4) is 0 Å². The number of hydrogen-bond acceptors (Lipinski definition) is 1. The van der Waals surface area contributed by atoms with Crippen LogP contribution in [-0.4, -0.2) is 0 Å². The van der Waals surface area contributed by atoms with Crippen LogP contribution in [0.3, 0.4) is 0 Å². The smallest absolute Gasteiger partial charge is 0.0605 e. The van der Waals surface area contributed by atoms with Gasteiger partial charge in [0.25, 0.3) is 0 Å². The van der Waals surface area contributed by atoms with E-state index < -0.39 is 0 Å². The van der Waals surface area contributed by atoms with Gasteiger partial charge < -0.3 is 5.73 Å². The molecule has 0 bridgehead atoms. The summed E-state index contributed by atoms with van der Waals surface area (Å²) in [6.07, 6.45) is 3.31. The average Bonchev–Trinajstić information content (AvgIpc) is 2.15. The van der Waals surface area contributed by atoms with Crippen molar-refractivity contribution in [3.63, 3.8) is 0 Å². The summed E-state index contributed by atoms with van der Waals surface area (Å²) >= 11 is 6.20. The molecule has 1 radical (unpaired) electrons. The molecule has 0 amide bonds. The Balaban J connectivity index is 2.65. The van der Waals surface area contributed by atoms with E-state index in [4.69, 9.17) is 17.3 Å². The third kappa shape index (κ3) is 2.92. The summed E-state index contributed by atoms with van der Waals surface area (Å²) in [6.45, 7) is 2.16. The van der Waals surface area contributed by atoms with Gasteiger partial charge in [-0.25, -0.2) is 0 Å².